The summed E-state index contributed by atoms with van der Waals surface area (Å²) in [5.41, 5.74) is 7.21. The maximum absolute atomic E-state index is 11.5. The lowest BCUT2D eigenvalue weighted by molar-refractivity contribution is -0.145. The molecule has 2 rings (SSSR count). The molecule has 0 amide bonds. The average Bonchev–Trinajstić information content (AvgIpc) is 2.82. The highest BCUT2D eigenvalue weighted by molar-refractivity contribution is 5.71. The van der Waals surface area contributed by atoms with Crippen LogP contribution in [0.3, 0.4) is 0 Å². The largest absolute Gasteiger partial charge is 0.482 e. The van der Waals surface area contributed by atoms with Crippen molar-refractivity contribution < 1.29 is 14.3 Å². The Hall–Kier alpha value is -2.50. The van der Waals surface area contributed by atoms with Crippen molar-refractivity contribution in [2.45, 2.75) is 6.42 Å². The number of aromatic nitrogens is 2. The number of hydrogen-bond acceptors (Lipinski definition) is 5. The van der Waals surface area contributed by atoms with Gasteiger partial charge in [-0.05, 0) is 18.2 Å². The van der Waals surface area contributed by atoms with Crippen molar-refractivity contribution in [2.24, 2.45) is 7.05 Å². The zero-order valence-corrected chi connectivity index (χ0v) is 11.3. The Kier molecular flexibility index (Phi) is 4.60. The van der Waals surface area contributed by atoms with Gasteiger partial charge < -0.3 is 15.2 Å². The third-order valence-corrected chi connectivity index (χ3v) is 2.76. The summed E-state index contributed by atoms with van der Waals surface area (Å²) in [5.74, 6) is 0.142. The number of nitrogens with two attached hydrogens (primary N) is 1. The van der Waals surface area contributed by atoms with Crippen LogP contribution in [0.15, 0.2) is 36.5 Å². The Morgan fingerprint density at radius 3 is 2.95 bits per heavy atom. The van der Waals surface area contributed by atoms with Gasteiger partial charge in [-0.1, -0.05) is 6.07 Å². The van der Waals surface area contributed by atoms with Gasteiger partial charge in [0, 0.05) is 37.1 Å². The minimum absolute atomic E-state index is 0.130. The molecule has 0 atom stereocenters. The normalized spacial score (nSPS) is 10.2. The van der Waals surface area contributed by atoms with E-state index in [4.69, 9.17) is 15.2 Å². The van der Waals surface area contributed by atoms with Crippen molar-refractivity contribution in [1.29, 1.82) is 0 Å². The summed E-state index contributed by atoms with van der Waals surface area (Å²) in [6.07, 6.45) is 2.33. The highest BCUT2D eigenvalue weighted by Crippen LogP contribution is 2.14. The molecule has 1 aromatic carbocycles. The van der Waals surface area contributed by atoms with Crippen molar-refractivity contribution >= 4 is 11.7 Å². The molecule has 0 aliphatic heterocycles. The molecular formula is C14H17N3O3. The summed E-state index contributed by atoms with van der Waals surface area (Å²) in [6.45, 7) is 0.174. The number of nitrogens with zero attached hydrogens (tertiary/aromatic N) is 2. The first-order chi connectivity index (χ1) is 9.65. The fraction of sp³-hybridized carbons (Fsp3) is 0.286. The van der Waals surface area contributed by atoms with E-state index in [1.165, 1.54) is 0 Å². The zero-order chi connectivity index (χ0) is 14.4. The van der Waals surface area contributed by atoms with Gasteiger partial charge in [-0.2, -0.15) is 5.10 Å². The number of nitrogen functional groups attached to an aromatic ring is 1. The van der Waals surface area contributed by atoms with Crippen LogP contribution in [-0.4, -0.2) is 29.0 Å². The smallest absolute Gasteiger partial charge is 0.344 e. The van der Waals surface area contributed by atoms with Crippen molar-refractivity contribution in [2.75, 3.05) is 18.9 Å². The lowest BCUT2D eigenvalue weighted by Gasteiger charge is -2.07. The number of ether oxygens (including phenoxy) is 2. The number of carbonyl (C=O) groups is 1. The molecule has 0 saturated heterocycles. The van der Waals surface area contributed by atoms with Crippen molar-refractivity contribution in [3.8, 4) is 5.75 Å². The number of hydrogen-bond donors (Lipinski definition) is 1. The summed E-state index contributed by atoms with van der Waals surface area (Å²) >= 11 is 0. The summed E-state index contributed by atoms with van der Waals surface area (Å²) < 4.78 is 12.1. The average molecular weight is 275 g/mol. The molecule has 0 saturated carbocycles. The minimum Gasteiger partial charge on any atom is -0.482 e. The van der Waals surface area contributed by atoms with Crippen LogP contribution in [0.1, 0.15) is 5.69 Å². The van der Waals surface area contributed by atoms with Crippen LogP contribution in [-0.2, 0) is 23.0 Å². The maximum Gasteiger partial charge on any atom is 0.344 e. The quantitative estimate of drug-likeness (QED) is 0.632. The molecule has 0 aliphatic carbocycles. The molecule has 1 aromatic heterocycles. The van der Waals surface area contributed by atoms with Gasteiger partial charge in [0.05, 0.1) is 6.61 Å². The molecule has 20 heavy (non-hydrogen) atoms. The minimum atomic E-state index is -0.408. The van der Waals surface area contributed by atoms with E-state index in [9.17, 15) is 4.79 Å². The second kappa shape index (κ2) is 6.60. The molecule has 0 fully saturated rings. The second-order valence-electron chi connectivity index (χ2n) is 4.28. The van der Waals surface area contributed by atoms with E-state index in [2.05, 4.69) is 5.10 Å². The summed E-state index contributed by atoms with van der Waals surface area (Å²) in [4.78, 5) is 11.5. The van der Waals surface area contributed by atoms with Crippen molar-refractivity contribution in [3.05, 3.63) is 42.2 Å². The first-order valence-electron chi connectivity index (χ1n) is 6.26. The molecule has 2 aromatic rings. The van der Waals surface area contributed by atoms with Gasteiger partial charge in [0.2, 0.25) is 0 Å². The summed E-state index contributed by atoms with van der Waals surface area (Å²) in [6, 6.07) is 8.79. The Morgan fingerprint density at radius 2 is 2.25 bits per heavy atom. The van der Waals surface area contributed by atoms with E-state index in [1.807, 2.05) is 13.1 Å². The number of esters is 1. The first kappa shape index (κ1) is 13.9. The number of anilines is 1. The molecule has 0 spiro atoms. The lowest BCUT2D eigenvalue weighted by atomic mass is 10.3. The zero-order valence-electron chi connectivity index (χ0n) is 11.3. The van der Waals surface area contributed by atoms with Crippen LogP contribution in [0.2, 0.25) is 0 Å². The van der Waals surface area contributed by atoms with E-state index < -0.39 is 5.97 Å². The van der Waals surface area contributed by atoms with Crippen LogP contribution in [0.5, 0.6) is 5.75 Å². The van der Waals surface area contributed by atoms with Gasteiger partial charge in [-0.3, -0.25) is 4.68 Å². The van der Waals surface area contributed by atoms with E-state index >= 15 is 0 Å². The van der Waals surface area contributed by atoms with Gasteiger partial charge in [0.25, 0.3) is 0 Å². The first-order valence-corrected chi connectivity index (χ1v) is 6.26. The van der Waals surface area contributed by atoms with Gasteiger partial charge >= 0.3 is 5.97 Å². The Labute approximate surface area is 117 Å². The molecule has 0 unspecified atom stereocenters. The molecule has 106 valence electrons. The highest BCUT2D eigenvalue weighted by atomic mass is 16.6. The number of rotatable bonds is 6. The van der Waals surface area contributed by atoms with Crippen LogP contribution in [0, 0.1) is 0 Å². The van der Waals surface area contributed by atoms with E-state index in [0.29, 0.717) is 24.5 Å². The molecule has 0 aliphatic rings. The molecular weight excluding hydrogens is 258 g/mol. The standard InChI is InChI=1S/C14H17N3O3/c1-17-12(5-7-16-17)6-8-19-14(18)10-20-13-4-2-3-11(15)9-13/h2-5,7,9H,6,8,10,15H2,1H3. The second-order valence-corrected chi connectivity index (χ2v) is 4.28. The summed E-state index contributed by atoms with van der Waals surface area (Å²) in [5, 5.41) is 4.04. The van der Waals surface area contributed by atoms with Gasteiger partial charge in [-0.15, -0.1) is 0 Å². The molecule has 0 radical (unpaired) electrons. The van der Waals surface area contributed by atoms with Gasteiger partial charge in [-0.25, -0.2) is 4.79 Å². The highest BCUT2D eigenvalue weighted by Gasteiger charge is 2.06. The van der Waals surface area contributed by atoms with E-state index in [1.54, 1.807) is 35.1 Å². The van der Waals surface area contributed by atoms with Crippen LogP contribution in [0.4, 0.5) is 5.69 Å². The number of aryl methyl sites for hydroxylation is 1. The maximum atomic E-state index is 11.5. The number of carbonyl (C=O) groups excluding carboxylic acids is 1. The van der Waals surface area contributed by atoms with Crippen LogP contribution < -0.4 is 10.5 Å². The van der Waals surface area contributed by atoms with Gasteiger partial charge in [0.1, 0.15) is 5.75 Å². The molecule has 6 nitrogen and oxygen atoms in total. The predicted molar refractivity (Wildman–Crippen MR) is 74.2 cm³/mol. The molecule has 6 heteroatoms. The predicted octanol–water partition coefficient (Wildman–Crippen LogP) is 1.17. The molecule has 1 heterocycles. The topological polar surface area (TPSA) is 79.4 Å². The Bertz CT molecular complexity index is 581. The third-order valence-electron chi connectivity index (χ3n) is 2.76. The van der Waals surface area contributed by atoms with Crippen LogP contribution in [0.25, 0.3) is 0 Å². The monoisotopic (exact) mass is 275 g/mol. The van der Waals surface area contributed by atoms with E-state index in [-0.39, 0.29) is 6.61 Å². The summed E-state index contributed by atoms with van der Waals surface area (Å²) in [7, 11) is 1.85. The fourth-order valence-corrected chi connectivity index (χ4v) is 1.70. The fourth-order valence-electron chi connectivity index (χ4n) is 1.70. The molecule has 2 N–H and O–H groups in total. The Balaban J connectivity index is 1.69. The SMILES string of the molecule is Cn1nccc1CCOC(=O)COc1cccc(N)c1. The van der Waals surface area contributed by atoms with Crippen LogP contribution >= 0.6 is 0 Å². The molecule has 0 bridgehead atoms. The van der Waals surface area contributed by atoms with E-state index in [0.717, 1.165) is 5.69 Å². The van der Waals surface area contributed by atoms with Crippen molar-refractivity contribution in [3.63, 3.8) is 0 Å². The lowest BCUT2D eigenvalue weighted by Crippen LogP contribution is -2.17. The Morgan fingerprint density at radius 1 is 1.40 bits per heavy atom. The number of benzene rings is 1. The van der Waals surface area contributed by atoms with Gasteiger partial charge in [0.15, 0.2) is 6.61 Å². The third kappa shape index (κ3) is 4.01. The van der Waals surface area contributed by atoms with Crippen molar-refractivity contribution in [1.82, 2.24) is 9.78 Å².